The molecule has 2 aromatic rings. The van der Waals surface area contributed by atoms with Crippen molar-refractivity contribution in [1.29, 1.82) is 0 Å². The predicted octanol–water partition coefficient (Wildman–Crippen LogP) is 2.23. The molecule has 1 aromatic carbocycles. The van der Waals surface area contributed by atoms with Gasteiger partial charge in [-0.3, -0.25) is 9.59 Å². The Bertz CT molecular complexity index is 790. The molecule has 2 amide bonds. The topological polar surface area (TPSA) is 79.8 Å². The van der Waals surface area contributed by atoms with Crippen LogP contribution in [0.1, 0.15) is 41.3 Å². The number of furan rings is 1. The second-order valence-electron chi connectivity index (χ2n) is 7.41. The van der Waals surface area contributed by atoms with Gasteiger partial charge >= 0.3 is 0 Å². The number of nitrogens with two attached hydrogens (primary N) is 1. The molecule has 2 aliphatic heterocycles. The molecule has 0 radical (unpaired) electrons. The zero-order valence-electron chi connectivity index (χ0n) is 15.3. The van der Waals surface area contributed by atoms with Crippen LogP contribution < -0.4 is 5.73 Å². The van der Waals surface area contributed by atoms with Gasteiger partial charge in [-0.2, -0.15) is 0 Å². The number of rotatable bonds is 3. The molecule has 3 heterocycles. The van der Waals surface area contributed by atoms with Crippen LogP contribution in [0.4, 0.5) is 0 Å². The maximum atomic E-state index is 13.3. The first-order valence-electron chi connectivity index (χ1n) is 9.59. The highest BCUT2D eigenvalue weighted by Gasteiger charge is 2.40. The molecule has 0 bridgehead atoms. The van der Waals surface area contributed by atoms with Crippen molar-refractivity contribution in [3.63, 3.8) is 0 Å². The van der Waals surface area contributed by atoms with Crippen molar-refractivity contribution in [3.05, 3.63) is 60.1 Å². The van der Waals surface area contributed by atoms with Gasteiger partial charge in [0.05, 0.1) is 6.26 Å². The van der Waals surface area contributed by atoms with E-state index in [1.165, 1.54) is 6.26 Å². The average Bonchev–Trinajstić information content (AvgIpc) is 3.37. The molecule has 2 fully saturated rings. The van der Waals surface area contributed by atoms with E-state index in [2.05, 4.69) is 12.1 Å². The lowest BCUT2D eigenvalue weighted by molar-refractivity contribution is -0.136. The van der Waals surface area contributed by atoms with Crippen molar-refractivity contribution >= 4 is 11.8 Å². The van der Waals surface area contributed by atoms with Gasteiger partial charge in [0.15, 0.2) is 5.76 Å². The molecule has 2 saturated heterocycles. The molecular formula is C21H25N3O3. The number of piperidine rings is 1. The van der Waals surface area contributed by atoms with Gasteiger partial charge in [0.2, 0.25) is 5.91 Å². The van der Waals surface area contributed by atoms with Crippen LogP contribution in [0.2, 0.25) is 0 Å². The summed E-state index contributed by atoms with van der Waals surface area (Å²) in [5.74, 6) is 0.215. The molecular weight excluding hydrogens is 342 g/mol. The Morgan fingerprint density at radius 1 is 1.04 bits per heavy atom. The smallest absolute Gasteiger partial charge is 0.290 e. The SMILES string of the molecule is N[C@@H]1CN(C(=O)C2CCCCN2C(=O)c2ccco2)C[C@H]1c1ccccc1. The third kappa shape index (κ3) is 3.49. The van der Waals surface area contributed by atoms with Crippen LogP contribution in [-0.2, 0) is 4.79 Å². The normalized spacial score (nSPS) is 25.6. The van der Waals surface area contributed by atoms with Crippen molar-refractivity contribution < 1.29 is 14.0 Å². The monoisotopic (exact) mass is 367 g/mol. The summed E-state index contributed by atoms with van der Waals surface area (Å²) in [6, 6.07) is 12.9. The number of hydrogen-bond donors (Lipinski definition) is 1. The summed E-state index contributed by atoms with van der Waals surface area (Å²) in [4.78, 5) is 29.5. The number of likely N-dealkylation sites (tertiary alicyclic amines) is 2. The molecule has 2 aliphatic rings. The number of hydrogen-bond acceptors (Lipinski definition) is 4. The molecule has 142 valence electrons. The molecule has 4 rings (SSSR count). The zero-order valence-corrected chi connectivity index (χ0v) is 15.3. The summed E-state index contributed by atoms with van der Waals surface area (Å²) in [7, 11) is 0. The van der Waals surface area contributed by atoms with Gasteiger partial charge in [-0.1, -0.05) is 30.3 Å². The van der Waals surface area contributed by atoms with Crippen molar-refractivity contribution in [2.24, 2.45) is 5.73 Å². The average molecular weight is 367 g/mol. The molecule has 1 unspecified atom stereocenters. The third-order valence-electron chi connectivity index (χ3n) is 5.69. The first kappa shape index (κ1) is 17.8. The fourth-order valence-electron chi connectivity index (χ4n) is 4.25. The molecule has 2 N–H and O–H groups in total. The Kier molecular flexibility index (Phi) is 4.99. The van der Waals surface area contributed by atoms with E-state index in [9.17, 15) is 9.59 Å². The number of carbonyl (C=O) groups is 2. The van der Waals surface area contributed by atoms with Crippen LogP contribution in [0.25, 0.3) is 0 Å². The lowest BCUT2D eigenvalue weighted by atomic mass is 9.95. The van der Waals surface area contributed by atoms with Crippen molar-refractivity contribution in [2.75, 3.05) is 19.6 Å². The first-order valence-corrected chi connectivity index (χ1v) is 9.59. The maximum Gasteiger partial charge on any atom is 0.290 e. The largest absolute Gasteiger partial charge is 0.459 e. The van der Waals surface area contributed by atoms with Crippen LogP contribution in [-0.4, -0.2) is 53.3 Å². The minimum atomic E-state index is -0.432. The molecule has 3 atom stereocenters. The fraction of sp³-hybridized carbons (Fsp3) is 0.429. The summed E-state index contributed by atoms with van der Waals surface area (Å²) in [6.07, 6.45) is 4.02. The van der Waals surface area contributed by atoms with Gasteiger partial charge in [-0.15, -0.1) is 0 Å². The predicted molar refractivity (Wildman–Crippen MR) is 101 cm³/mol. The van der Waals surface area contributed by atoms with E-state index in [1.807, 2.05) is 23.1 Å². The number of nitrogens with zero attached hydrogens (tertiary/aromatic N) is 2. The van der Waals surface area contributed by atoms with Gasteiger partial charge in [0.25, 0.3) is 5.91 Å². The second-order valence-corrected chi connectivity index (χ2v) is 7.41. The molecule has 6 heteroatoms. The van der Waals surface area contributed by atoms with Crippen molar-refractivity contribution in [1.82, 2.24) is 9.80 Å². The summed E-state index contributed by atoms with van der Waals surface area (Å²) < 4.78 is 5.26. The van der Waals surface area contributed by atoms with Crippen LogP contribution in [0, 0.1) is 0 Å². The van der Waals surface area contributed by atoms with E-state index in [4.69, 9.17) is 10.2 Å². The zero-order chi connectivity index (χ0) is 18.8. The van der Waals surface area contributed by atoms with Gasteiger partial charge in [-0.05, 0) is 37.0 Å². The number of benzene rings is 1. The third-order valence-corrected chi connectivity index (χ3v) is 5.69. The lowest BCUT2D eigenvalue weighted by Crippen LogP contribution is -2.52. The Hall–Kier alpha value is -2.60. The molecule has 6 nitrogen and oxygen atoms in total. The Labute approximate surface area is 158 Å². The van der Waals surface area contributed by atoms with Crippen molar-refractivity contribution in [2.45, 2.75) is 37.3 Å². The molecule has 1 aromatic heterocycles. The highest BCUT2D eigenvalue weighted by atomic mass is 16.3. The summed E-state index contributed by atoms with van der Waals surface area (Å²) in [5, 5.41) is 0. The maximum absolute atomic E-state index is 13.3. The molecule has 0 spiro atoms. The Morgan fingerprint density at radius 3 is 2.59 bits per heavy atom. The van der Waals surface area contributed by atoms with Gasteiger partial charge in [0.1, 0.15) is 6.04 Å². The van der Waals surface area contributed by atoms with E-state index < -0.39 is 6.04 Å². The standard InChI is InChI=1S/C21H25N3O3/c22-17-14-23(13-16(17)15-7-2-1-3-8-15)20(25)18-9-4-5-11-24(18)21(26)19-10-6-12-27-19/h1-3,6-8,10,12,16-18H,4-5,9,11,13-14,22H2/t16-,17+,18?/m0/s1. The summed E-state index contributed by atoms with van der Waals surface area (Å²) in [5.41, 5.74) is 7.51. The van der Waals surface area contributed by atoms with E-state index in [1.54, 1.807) is 17.0 Å². The van der Waals surface area contributed by atoms with E-state index in [0.717, 1.165) is 18.4 Å². The van der Waals surface area contributed by atoms with Gasteiger partial charge < -0.3 is 20.0 Å². The minimum Gasteiger partial charge on any atom is -0.459 e. The highest BCUT2D eigenvalue weighted by molar-refractivity contribution is 5.95. The number of amides is 2. The summed E-state index contributed by atoms with van der Waals surface area (Å²) in [6.45, 7) is 1.71. The van der Waals surface area contributed by atoms with Crippen LogP contribution >= 0.6 is 0 Å². The Balaban J connectivity index is 1.50. The van der Waals surface area contributed by atoms with Crippen LogP contribution in [0.5, 0.6) is 0 Å². The van der Waals surface area contributed by atoms with Crippen LogP contribution in [0.3, 0.4) is 0 Å². The highest BCUT2D eigenvalue weighted by Crippen LogP contribution is 2.29. The van der Waals surface area contributed by atoms with Gasteiger partial charge in [0, 0.05) is 31.6 Å². The first-order chi connectivity index (χ1) is 13.1. The quantitative estimate of drug-likeness (QED) is 0.902. The van der Waals surface area contributed by atoms with E-state index >= 15 is 0 Å². The molecule has 27 heavy (non-hydrogen) atoms. The van der Waals surface area contributed by atoms with Crippen molar-refractivity contribution in [3.8, 4) is 0 Å². The Morgan fingerprint density at radius 2 is 1.85 bits per heavy atom. The van der Waals surface area contributed by atoms with Gasteiger partial charge in [-0.25, -0.2) is 0 Å². The van der Waals surface area contributed by atoms with Crippen LogP contribution in [0.15, 0.2) is 53.1 Å². The van der Waals surface area contributed by atoms with E-state index in [0.29, 0.717) is 26.1 Å². The molecule has 0 saturated carbocycles. The van der Waals surface area contributed by atoms with E-state index in [-0.39, 0.29) is 29.5 Å². The lowest BCUT2D eigenvalue weighted by Gasteiger charge is -2.36. The summed E-state index contributed by atoms with van der Waals surface area (Å²) >= 11 is 0. The molecule has 0 aliphatic carbocycles. The minimum absolute atomic E-state index is 0.00323. The second kappa shape index (κ2) is 7.56. The number of carbonyl (C=O) groups excluding carboxylic acids is 2. The fourth-order valence-corrected chi connectivity index (χ4v) is 4.25.